The van der Waals surface area contributed by atoms with Gasteiger partial charge in [-0.15, -0.1) is 12.4 Å². The van der Waals surface area contributed by atoms with E-state index in [1.54, 1.807) is 24.3 Å². The van der Waals surface area contributed by atoms with Gasteiger partial charge in [-0.25, -0.2) is 4.79 Å². The Balaban J connectivity index is 0.00000264. The Bertz CT molecular complexity index is 543. The fourth-order valence-electron chi connectivity index (χ4n) is 2.44. The first-order valence-corrected chi connectivity index (χ1v) is 7.68. The van der Waals surface area contributed by atoms with Crippen LogP contribution in [0.1, 0.15) is 37.0 Å². The van der Waals surface area contributed by atoms with E-state index in [0.29, 0.717) is 24.3 Å². The number of hydrogen-bond donors (Lipinski definition) is 3. The van der Waals surface area contributed by atoms with Gasteiger partial charge in [0.25, 0.3) is 5.91 Å². The van der Waals surface area contributed by atoms with Crippen LogP contribution < -0.4 is 16.4 Å². The van der Waals surface area contributed by atoms with E-state index in [9.17, 15) is 9.59 Å². The molecule has 23 heavy (non-hydrogen) atoms. The van der Waals surface area contributed by atoms with Crippen LogP contribution in [-0.4, -0.2) is 42.0 Å². The first-order valence-electron chi connectivity index (χ1n) is 7.68. The number of hydrogen-bond acceptors (Lipinski definition) is 3. The second-order valence-corrected chi connectivity index (χ2v) is 5.96. The van der Waals surface area contributed by atoms with E-state index in [0.717, 1.165) is 12.8 Å². The van der Waals surface area contributed by atoms with Gasteiger partial charge in [-0.1, -0.05) is 6.07 Å². The molecule has 0 radical (unpaired) electrons. The van der Waals surface area contributed by atoms with Crippen molar-refractivity contribution in [2.45, 2.75) is 38.8 Å². The lowest BCUT2D eigenvalue weighted by Crippen LogP contribution is -2.42. The number of nitrogens with zero attached hydrogens (tertiary/aromatic N) is 1. The summed E-state index contributed by atoms with van der Waals surface area (Å²) in [6.07, 6.45) is 1.67. The zero-order chi connectivity index (χ0) is 16.1. The van der Waals surface area contributed by atoms with E-state index in [-0.39, 0.29) is 36.4 Å². The molecule has 4 N–H and O–H groups in total. The fraction of sp³-hybridized carbons (Fsp3) is 0.500. The summed E-state index contributed by atoms with van der Waals surface area (Å²) < 4.78 is 0. The lowest BCUT2D eigenvalue weighted by Gasteiger charge is -2.30. The van der Waals surface area contributed by atoms with E-state index in [4.69, 9.17) is 5.73 Å². The van der Waals surface area contributed by atoms with Crippen molar-refractivity contribution in [2.24, 2.45) is 5.73 Å². The number of nitrogens with one attached hydrogen (secondary N) is 2. The predicted molar refractivity (Wildman–Crippen MR) is 94.1 cm³/mol. The largest absolute Gasteiger partial charge is 0.339 e. The minimum atomic E-state index is -0.274. The maximum Gasteiger partial charge on any atom is 0.319 e. The van der Waals surface area contributed by atoms with Crippen LogP contribution in [0.4, 0.5) is 10.5 Å². The lowest BCUT2D eigenvalue weighted by molar-refractivity contribution is 0.0714. The van der Waals surface area contributed by atoms with Gasteiger partial charge in [0.1, 0.15) is 0 Å². The van der Waals surface area contributed by atoms with Crippen LogP contribution in [0, 0.1) is 0 Å². The van der Waals surface area contributed by atoms with Crippen molar-refractivity contribution in [3.05, 3.63) is 29.8 Å². The van der Waals surface area contributed by atoms with Crippen molar-refractivity contribution >= 4 is 30.0 Å². The molecule has 1 heterocycles. The number of anilines is 1. The summed E-state index contributed by atoms with van der Waals surface area (Å²) in [4.78, 5) is 26.0. The Labute approximate surface area is 143 Å². The molecule has 3 amide bonds. The second-order valence-electron chi connectivity index (χ2n) is 5.96. The summed E-state index contributed by atoms with van der Waals surface area (Å²) in [7, 11) is 0. The van der Waals surface area contributed by atoms with Gasteiger partial charge in [0, 0.05) is 36.4 Å². The Morgan fingerprint density at radius 2 is 1.91 bits per heavy atom. The molecule has 0 bridgehead atoms. The summed E-state index contributed by atoms with van der Waals surface area (Å²) in [5, 5.41) is 5.49. The number of amides is 3. The average Bonchev–Trinajstić information content (AvgIpc) is 2.46. The number of likely N-dealkylation sites (tertiary alicyclic amines) is 1. The standard InChI is InChI=1S/C16H24N4O2.ClH/c1-11(2)18-16(22)19-14-5-3-4-12(10-14)15(21)20-8-6-13(17)7-9-20;/h3-5,10-11,13H,6-9,17H2,1-2H3,(H2,18,19,22);1H. The number of nitrogens with two attached hydrogens (primary N) is 1. The van der Waals surface area contributed by atoms with Crippen molar-refractivity contribution in [3.8, 4) is 0 Å². The predicted octanol–water partition coefficient (Wildman–Crippen LogP) is 2.20. The highest BCUT2D eigenvalue weighted by molar-refractivity contribution is 5.97. The summed E-state index contributed by atoms with van der Waals surface area (Å²) in [5.74, 6) is -0.0141. The number of carbonyl (C=O) groups is 2. The van der Waals surface area contributed by atoms with Crippen LogP contribution in [0.5, 0.6) is 0 Å². The first kappa shape index (κ1) is 19.3. The van der Waals surface area contributed by atoms with Gasteiger partial charge in [0.05, 0.1) is 0 Å². The van der Waals surface area contributed by atoms with Crippen molar-refractivity contribution in [1.82, 2.24) is 10.2 Å². The third-order valence-corrected chi connectivity index (χ3v) is 3.61. The molecule has 0 aliphatic carbocycles. The van der Waals surface area contributed by atoms with Gasteiger partial charge in [-0.2, -0.15) is 0 Å². The summed E-state index contributed by atoms with van der Waals surface area (Å²) >= 11 is 0. The molecule has 6 nitrogen and oxygen atoms in total. The Morgan fingerprint density at radius 1 is 1.26 bits per heavy atom. The normalized spacial score (nSPS) is 15.0. The van der Waals surface area contributed by atoms with E-state index < -0.39 is 0 Å². The zero-order valence-electron chi connectivity index (χ0n) is 13.5. The molecule has 1 aromatic rings. The number of urea groups is 1. The minimum Gasteiger partial charge on any atom is -0.339 e. The van der Waals surface area contributed by atoms with Gasteiger partial charge in [-0.05, 0) is 44.9 Å². The van der Waals surface area contributed by atoms with Crippen LogP contribution in [0.15, 0.2) is 24.3 Å². The number of benzene rings is 1. The van der Waals surface area contributed by atoms with Crippen molar-refractivity contribution in [1.29, 1.82) is 0 Å². The minimum absolute atomic E-state index is 0. The van der Waals surface area contributed by atoms with E-state index in [2.05, 4.69) is 10.6 Å². The average molecular weight is 341 g/mol. The molecule has 0 aromatic heterocycles. The van der Waals surface area contributed by atoms with Crippen LogP contribution >= 0.6 is 12.4 Å². The maximum atomic E-state index is 12.5. The van der Waals surface area contributed by atoms with E-state index in [1.807, 2.05) is 18.7 Å². The van der Waals surface area contributed by atoms with Crippen LogP contribution in [-0.2, 0) is 0 Å². The molecule has 7 heteroatoms. The summed E-state index contributed by atoms with van der Waals surface area (Å²) in [6.45, 7) is 5.15. The molecule has 2 rings (SSSR count). The lowest BCUT2D eigenvalue weighted by atomic mass is 10.0. The van der Waals surface area contributed by atoms with Crippen molar-refractivity contribution in [3.63, 3.8) is 0 Å². The molecule has 1 aromatic carbocycles. The van der Waals surface area contributed by atoms with Crippen molar-refractivity contribution < 1.29 is 9.59 Å². The number of carbonyl (C=O) groups excluding carboxylic acids is 2. The molecular formula is C16H25ClN4O2. The number of rotatable bonds is 3. The summed E-state index contributed by atoms with van der Waals surface area (Å²) in [5.41, 5.74) is 7.05. The van der Waals surface area contributed by atoms with Gasteiger partial charge in [-0.3, -0.25) is 4.79 Å². The molecule has 0 unspecified atom stereocenters. The quantitative estimate of drug-likeness (QED) is 0.788. The third kappa shape index (κ3) is 5.73. The molecule has 0 atom stereocenters. The maximum absolute atomic E-state index is 12.5. The van der Waals surface area contributed by atoms with Crippen LogP contribution in [0.3, 0.4) is 0 Å². The Hall–Kier alpha value is -1.79. The van der Waals surface area contributed by atoms with Crippen molar-refractivity contribution in [2.75, 3.05) is 18.4 Å². The highest BCUT2D eigenvalue weighted by atomic mass is 35.5. The van der Waals surface area contributed by atoms with Gasteiger partial charge in [0.15, 0.2) is 0 Å². The highest BCUT2D eigenvalue weighted by Gasteiger charge is 2.21. The van der Waals surface area contributed by atoms with Gasteiger partial charge in [0.2, 0.25) is 0 Å². The Morgan fingerprint density at radius 3 is 2.52 bits per heavy atom. The topological polar surface area (TPSA) is 87.5 Å². The fourth-order valence-corrected chi connectivity index (χ4v) is 2.44. The highest BCUT2D eigenvalue weighted by Crippen LogP contribution is 2.16. The molecule has 1 aliphatic heterocycles. The molecule has 0 saturated carbocycles. The SMILES string of the molecule is CC(C)NC(=O)Nc1cccc(C(=O)N2CCC(N)CC2)c1.Cl. The van der Waals surface area contributed by atoms with E-state index >= 15 is 0 Å². The monoisotopic (exact) mass is 340 g/mol. The molecular weight excluding hydrogens is 316 g/mol. The first-order chi connectivity index (χ1) is 10.5. The number of piperidine rings is 1. The molecule has 0 spiro atoms. The molecule has 128 valence electrons. The van der Waals surface area contributed by atoms with Crippen LogP contribution in [0.25, 0.3) is 0 Å². The Kier molecular flexibility index (Phi) is 7.32. The zero-order valence-corrected chi connectivity index (χ0v) is 14.4. The van der Waals surface area contributed by atoms with E-state index in [1.165, 1.54) is 0 Å². The van der Waals surface area contributed by atoms with Gasteiger partial charge < -0.3 is 21.3 Å². The number of halogens is 1. The molecule has 1 aliphatic rings. The van der Waals surface area contributed by atoms with Crippen LogP contribution in [0.2, 0.25) is 0 Å². The third-order valence-electron chi connectivity index (χ3n) is 3.61. The smallest absolute Gasteiger partial charge is 0.319 e. The molecule has 1 saturated heterocycles. The molecule has 1 fully saturated rings. The summed E-state index contributed by atoms with van der Waals surface area (Å²) in [6, 6.07) is 6.98. The second kappa shape index (κ2) is 8.74. The van der Waals surface area contributed by atoms with Gasteiger partial charge >= 0.3 is 6.03 Å².